The summed E-state index contributed by atoms with van der Waals surface area (Å²) in [7, 11) is -6.86. The average molecular weight is 362 g/mol. The normalized spacial score (nSPS) is 20.3. The van der Waals surface area contributed by atoms with Crippen molar-refractivity contribution in [2.24, 2.45) is 5.92 Å². The summed E-state index contributed by atoms with van der Waals surface area (Å²) >= 11 is 0. The number of nitrogens with one attached hydrogen (secondary N) is 1. The number of rotatable bonds is 5. The molecule has 1 aromatic carbocycles. The molecule has 23 heavy (non-hydrogen) atoms. The highest BCUT2D eigenvalue weighted by atomic mass is 32.2. The number of carboxylic acid groups (broad SMARTS) is 1. The van der Waals surface area contributed by atoms with Gasteiger partial charge < -0.3 is 5.11 Å². The number of carbonyl (C=O) groups is 1. The highest BCUT2D eigenvalue weighted by molar-refractivity contribution is 7.92. The first-order valence-electron chi connectivity index (χ1n) is 6.95. The molecule has 1 unspecified atom stereocenters. The van der Waals surface area contributed by atoms with Gasteiger partial charge in [-0.05, 0) is 32.0 Å². The van der Waals surface area contributed by atoms with Gasteiger partial charge in [0.05, 0.1) is 5.92 Å². The van der Waals surface area contributed by atoms with Gasteiger partial charge >= 0.3 is 5.97 Å². The first-order chi connectivity index (χ1) is 10.7. The molecule has 0 saturated carbocycles. The van der Waals surface area contributed by atoms with Crippen molar-refractivity contribution in [3.63, 3.8) is 0 Å². The van der Waals surface area contributed by atoms with E-state index in [1.165, 1.54) is 31.3 Å². The predicted molar refractivity (Wildman–Crippen MR) is 81.8 cm³/mol. The number of nitrogens with zero attached hydrogens (tertiary/aromatic N) is 1. The molecule has 1 aliphatic heterocycles. The first-order valence-corrected chi connectivity index (χ1v) is 9.88. The van der Waals surface area contributed by atoms with Crippen LogP contribution >= 0.6 is 0 Å². The molecule has 0 spiro atoms. The van der Waals surface area contributed by atoms with Crippen molar-refractivity contribution in [2.45, 2.75) is 22.6 Å². The molecule has 1 aliphatic rings. The average Bonchev–Trinajstić information content (AvgIpc) is 2.55. The number of hydrogen-bond donors (Lipinski definition) is 2. The van der Waals surface area contributed by atoms with Crippen LogP contribution in [0.5, 0.6) is 0 Å². The van der Waals surface area contributed by atoms with Crippen LogP contribution in [0.15, 0.2) is 34.1 Å². The summed E-state index contributed by atoms with van der Waals surface area (Å²) in [5, 5.41) is 9.09. The van der Waals surface area contributed by atoms with Crippen LogP contribution in [0.3, 0.4) is 0 Å². The molecule has 2 rings (SSSR count). The fourth-order valence-electron chi connectivity index (χ4n) is 2.50. The molecule has 0 aromatic heterocycles. The first kappa shape index (κ1) is 17.9. The fourth-order valence-corrected chi connectivity index (χ4v) is 5.55. The Morgan fingerprint density at radius 2 is 1.83 bits per heavy atom. The van der Waals surface area contributed by atoms with Gasteiger partial charge in [-0.15, -0.1) is 0 Å². The van der Waals surface area contributed by atoms with Gasteiger partial charge in [0.2, 0.25) is 20.0 Å². The molecule has 128 valence electrons. The SMILES string of the molecule is CNS(=O)(=O)c1ccccc1S(=O)(=O)N1CCCC(C(=O)O)C1. The zero-order chi connectivity index (χ0) is 17.3. The van der Waals surface area contributed by atoms with E-state index in [0.29, 0.717) is 12.8 Å². The molecule has 1 fully saturated rings. The summed E-state index contributed by atoms with van der Waals surface area (Å²) in [6, 6.07) is 5.28. The monoisotopic (exact) mass is 362 g/mol. The molecule has 1 heterocycles. The van der Waals surface area contributed by atoms with Crippen molar-refractivity contribution in [1.29, 1.82) is 0 Å². The molecule has 0 amide bonds. The molecule has 1 atom stereocenters. The van der Waals surface area contributed by atoms with E-state index in [9.17, 15) is 21.6 Å². The number of piperidine rings is 1. The van der Waals surface area contributed by atoms with Crippen LogP contribution in [0, 0.1) is 5.92 Å². The minimum atomic E-state index is -4.10. The van der Waals surface area contributed by atoms with E-state index < -0.39 is 31.9 Å². The van der Waals surface area contributed by atoms with Gasteiger partial charge in [-0.25, -0.2) is 21.6 Å². The summed E-state index contributed by atoms with van der Waals surface area (Å²) in [4.78, 5) is 10.4. The highest BCUT2D eigenvalue weighted by Crippen LogP contribution is 2.27. The third kappa shape index (κ3) is 3.55. The zero-order valence-electron chi connectivity index (χ0n) is 12.5. The molecule has 0 radical (unpaired) electrons. The second-order valence-corrected chi connectivity index (χ2v) is 8.96. The summed E-state index contributed by atoms with van der Waals surface area (Å²) in [5.41, 5.74) is 0. The van der Waals surface area contributed by atoms with Gasteiger partial charge in [-0.1, -0.05) is 12.1 Å². The number of hydrogen-bond acceptors (Lipinski definition) is 5. The fraction of sp³-hybridized carbons (Fsp3) is 0.462. The van der Waals surface area contributed by atoms with Crippen molar-refractivity contribution < 1.29 is 26.7 Å². The molecular formula is C13H18N2O6S2. The Morgan fingerprint density at radius 3 is 2.39 bits per heavy atom. The van der Waals surface area contributed by atoms with Crippen LogP contribution in [0.2, 0.25) is 0 Å². The van der Waals surface area contributed by atoms with Gasteiger partial charge in [-0.2, -0.15) is 4.31 Å². The van der Waals surface area contributed by atoms with Crippen LogP contribution < -0.4 is 4.72 Å². The lowest BCUT2D eigenvalue weighted by atomic mass is 10.0. The van der Waals surface area contributed by atoms with E-state index in [4.69, 9.17) is 5.11 Å². The number of sulfonamides is 2. The number of carboxylic acids is 1. The quantitative estimate of drug-likeness (QED) is 0.765. The minimum absolute atomic E-state index is 0.161. The molecule has 2 N–H and O–H groups in total. The van der Waals surface area contributed by atoms with Crippen LogP contribution in [-0.4, -0.2) is 52.4 Å². The van der Waals surface area contributed by atoms with Crippen molar-refractivity contribution >= 4 is 26.0 Å². The Balaban J connectivity index is 2.47. The van der Waals surface area contributed by atoms with E-state index in [-0.39, 0.29) is 22.9 Å². The van der Waals surface area contributed by atoms with Gasteiger partial charge in [0.25, 0.3) is 0 Å². The summed E-state index contributed by atoms with van der Waals surface area (Å²) in [5.74, 6) is -1.84. The van der Waals surface area contributed by atoms with Crippen molar-refractivity contribution in [2.75, 3.05) is 20.1 Å². The third-order valence-corrected chi connectivity index (χ3v) is 7.28. The lowest BCUT2D eigenvalue weighted by Crippen LogP contribution is -2.42. The molecule has 0 bridgehead atoms. The minimum Gasteiger partial charge on any atom is -0.481 e. The maximum absolute atomic E-state index is 12.8. The largest absolute Gasteiger partial charge is 0.481 e. The molecule has 8 nitrogen and oxygen atoms in total. The summed E-state index contributed by atoms with van der Waals surface area (Å²) in [6.07, 6.45) is 0.814. The van der Waals surface area contributed by atoms with Gasteiger partial charge in [0, 0.05) is 13.1 Å². The smallest absolute Gasteiger partial charge is 0.307 e. The Morgan fingerprint density at radius 1 is 1.22 bits per heavy atom. The maximum atomic E-state index is 12.8. The van der Waals surface area contributed by atoms with E-state index in [0.717, 1.165) is 4.31 Å². The van der Waals surface area contributed by atoms with Crippen LogP contribution in [0.1, 0.15) is 12.8 Å². The van der Waals surface area contributed by atoms with E-state index in [1.807, 2.05) is 0 Å². The Hall–Kier alpha value is -1.49. The van der Waals surface area contributed by atoms with Gasteiger partial charge in [-0.3, -0.25) is 4.79 Å². The maximum Gasteiger partial charge on any atom is 0.307 e. The molecule has 1 aromatic rings. The van der Waals surface area contributed by atoms with Gasteiger partial charge in [0.15, 0.2) is 0 Å². The second kappa shape index (κ2) is 6.56. The predicted octanol–water partition coefficient (Wildman–Crippen LogP) is 0.0800. The molecule has 1 saturated heterocycles. The number of aliphatic carboxylic acids is 1. The van der Waals surface area contributed by atoms with E-state index >= 15 is 0 Å². The summed E-state index contributed by atoms with van der Waals surface area (Å²) < 4.78 is 52.8. The third-order valence-electron chi connectivity index (χ3n) is 3.76. The van der Waals surface area contributed by atoms with Crippen LogP contribution in [-0.2, 0) is 24.8 Å². The highest BCUT2D eigenvalue weighted by Gasteiger charge is 2.35. The molecular weight excluding hydrogens is 344 g/mol. The summed E-state index contributed by atoms with van der Waals surface area (Å²) in [6.45, 7) is 0.00561. The van der Waals surface area contributed by atoms with Crippen LogP contribution in [0.25, 0.3) is 0 Å². The Labute approximate surface area is 135 Å². The van der Waals surface area contributed by atoms with Crippen molar-refractivity contribution in [1.82, 2.24) is 9.03 Å². The number of benzene rings is 1. The lowest BCUT2D eigenvalue weighted by molar-refractivity contribution is -0.142. The van der Waals surface area contributed by atoms with E-state index in [1.54, 1.807) is 0 Å². The zero-order valence-corrected chi connectivity index (χ0v) is 14.1. The van der Waals surface area contributed by atoms with Crippen molar-refractivity contribution in [3.05, 3.63) is 24.3 Å². The van der Waals surface area contributed by atoms with Crippen molar-refractivity contribution in [3.8, 4) is 0 Å². The topological polar surface area (TPSA) is 121 Å². The Bertz CT molecular complexity index is 804. The Kier molecular flexibility index (Phi) is 5.09. The lowest BCUT2D eigenvalue weighted by Gasteiger charge is -2.30. The van der Waals surface area contributed by atoms with Crippen LogP contribution in [0.4, 0.5) is 0 Å². The second-order valence-electron chi connectivity index (χ2n) is 5.19. The van der Waals surface area contributed by atoms with E-state index in [2.05, 4.69) is 4.72 Å². The van der Waals surface area contributed by atoms with Gasteiger partial charge in [0.1, 0.15) is 9.79 Å². The molecule has 10 heteroatoms. The standard InChI is InChI=1S/C13H18N2O6S2/c1-14-22(18,19)11-6-2-3-7-12(11)23(20,21)15-8-4-5-10(9-15)13(16)17/h2-3,6-7,10,14H,4-5,8-9H2,1H3,(H,16,17). The molecule has 0 aliphatic carbocycles.